The first-order valence-corrected chi connectivity index (χ1v) is 12.1. The third-order valence-electron chi connectivity index (χ3n) is 6.09. The number of benzene rings is 2. The topological polar surface area (TPSA) is 63.9 Å². The Morgan fingerprint density at radius 1 is 1.06 bits per heavy atom. The number of amides is 1. The van der Waals surface area contributed by atoms with Crippen molar-refractivity contribution >= 4 is 17.7 Å². The Bertz CT molecular complexity index is 1240. The highest BCUT2D eigenvalue weighted by atomic mass is 32.2. The number of thioether (sulfide) groups is 1. The quantitative estimate of drug-likeness (QED) is 0.385. The highest BCUT2D eigenvalue weighted by Gasteiger charge is 2.27. The Hall–Kier alpha value is -3.45. The second kappa shape index (κ2) is 9.58. The van der Waals surface area contributed by atoms with Gasteiger partial charge in [-0.3, -0.25) is 14.3 Å². The third kappa shape index (κ3) is 4.41. The molecular weight excluding hydrogens is 430 g/mol. The average Bonchev–Trinajstić information content (AvgIpc) is 3.31. The Balaban J connectivity index is 1.38. The molecule has 0 N–H and O–H groups in total. The summed E-state index contributed by atoms with van der Waals surface area (Å²) in [4.78, 5) is 19.3. The number of carbonyl (C=O) groups is 1. The number of para-hydroxylation sites is 1. The second-order valence-electron chi connectivity index (χ2n) is 8.12. The molecule has 0 radical (unpaired) electrons. The van der Waals surface area contributed by atoms with Crippen molar-refractivity contribution in [1.82, 2.24) is 24.6 Å². The third-order valence-corrected chi connectivity index (χ3v) is 7.00. The Kier molecular flexibility index (Phi) is 6.21. The summed E-state index contributed by atoms with van der Waals surface area (Å²) in [6.45, 7) is 0. The number of pyridine rings is 1. The maximum Gasteiger partial charge on any atom is 0.233 e. The molecule has 0 saturated carbocycles. The van der Waals surface area contributed by atoms with Gasteiger partial charge in [-0.05, 0) is 54.7 Å². The Morgan fingerprint density at radius 3 is 2.70 bits per heavy atom. The number of hydrogen-bond acceptors (Lipinski definition) is 5. The van der Waals surface area contributed by atoms with E-state index in [1.165, 1.54) is 22.9 Å². The van der Waals surface area contributed by atoms with Crippen molar-refractivity contribution in [2.24, 2.45) is 0 Å². The number of nitrogens with zero attached hydrogens (tertiary/aromatic N) is 5. The van der Waals surface area contributed by atoms with Crippen molar-refractivity contribution in [1.29, 1.82) is 0 Å². The zero-order valence-corrected chi connectivity index (χ0v) is 19.3. The van der Waals surface area contributed by atoms with Crippen LogP contribution in [0.4, 0.5) is 0 Å². The molecule has 5 rings (SSSR count). The van der Waals surface area contributed by atoms with Crippen LogP contribution in [0.1, 0.15) is 30.0 Å². The molecule has 2 heterocycles. The number of fused-ring (bicyclic) bond motifs is 1. The number of rotatable bonds is 6. The van der Waals surface area contributed by atoms with Crippen LogP contribution in [0.25, 0.3) is 17.1 Å². The molecule has 2 aromatic heterocycles. The van der Waals surface area contributed by atoms with Gasteiger partial charge in [-0.25, -0.2) is 0 Å². The Morgan fingerprint density at radius 2 is 1.88 bits per heavy atom. The molecule has 0 bridgehead atoms. The van der Waals surface area contributed by atoms with Gasteiger partial charge < -0.3 is 4.90 Å². The predicted octanol–water partition coefficient (Wildman–Crippen LogP) is 4.96. The first-order chi connectivity index (χ1) is 16.2. The predicted molar refractivity (Wildman–Crippen MR) is 130 cm³/mol. The van der Waals surface area contributed by atoms with Gasteiger partial charge >= 0.3 is 0 Å². The molecule has 4 aromatic rings. The molecule has 0 spiro atoms. The minimum atomic E-state index is 0.0900. The summed E-state index contributed by atoms with van der Waals surface area (Å²) in [5, 5.41) is 9.54. The highest BCUT2D eigenvalue weighted by Crippen LogP contribution is 2.34. The lowest BCUT2D eigenvalue weighted by Gasteiger charge is -2.33. The van der Waals surface area contributed by atoms with Gasteiger partial charge in [0.15, 0.2) is 11.0 Å². The maximum atomic E-state index is 13.2. The number of aromatic nitrogens is 4. The standard InChI is InChI=1S/C26H25N5OS/c1-30(23-15-7-10-19-9-5-6-14-22(19)23)24(32)18-33-26-29-28-25(20-11-8-16-27-17-20)31(26)21-12-3-2-4-13-21/h2-6,8-9,11-14,16-17,23H,7,10,15,18H2,1H3. The molecule has 0 saturated heterocycles. The molecular formula is C26H25N5OS. The molecule has 6 nitrogen and oxygen atoms in total. The van der Waals surface area contributed by atoms with Crippen LogP contribution in [0.2, 0.25) is 0 Å². The fraction of sp³-hybridized carbons (Fsp3) is 0.231. The van der Waals surface area contributed by atoms with Crippen LogP contribution in [0.5, 0.6) is 0 Å². The van der Waals surface area contributed by atoms with E-state index in [0.717, 1.165) is 30.5 Å². The van der Waals surface area contributed by atoms with Crippen LogP contribution in [0, 0.1) is 0 Å². The summed E-state index contributed by atoms with van der Waals surface area (Å²) >= 11 is 1.42. The van der Waals surface area contributed by atoms with E-state index in [9.17, 15) is 4.79 Å². The molecule has 1 atom stereocenters. The number of hydrogen-bond donors (Lipinski definition) is 0. The average molecular weight is 456 g/mol. The largest absolute Gasteiger partial charge is 0.338 e. The van der Waals surface area contributed by atoms with Crippen molar-refractivity contribution in [2.45, 2.75) is 30.5 Å². The SMILES string of the molecule is CN(C(=O)CSc1nnc(-c2cccnc2)n1-c1ccccc1)C1CCCc2ccccc21. The zero-order chi connectivity index (χ0) is 22.6. The molecule has 166 valence electrons. The monoisotopic (exact) mass is 455 g/mol. The summed E-state index contributed by atoms with van der Waals surface area (Å²) in [7, 11) is 1.92. The fourth-order valence-electron chi connectivity index (χ4n) is 4.39. The molecule has 2 aromatic carbocycles. The smallest absolute Gasteiger partial charge is 0.233 e. The van der Waals surface area contributed by atoms with E-state index in [1.54, 1.807) is 12.4 Å². The normalized spacial score (nSPS) is 15.1. The van der Waals surface area contributed by atoms with Crippen LogP contribution in [-0.4, -0.2) is 43.4 Å². The molecule has 1 unspecified atom stereocenters. The highest BCUT2D eigenvalue weighted by molar-refractivity contribution is 7.99. The number of carbonyl (C=O) groups excluding carboxylic acids is 1. The molecule has 0 aliphatic heterocycles. The van der Waals surface area contributed by atoms with E-state index in [0.29, 0.717) is 16.7 Å². The van der Waals surface area contributed by atoms with Gasteiger partial charge in [0.25, 0.3) is 0 Å². The van der Waals surface area contributed by atoms with Crippen LogP contribution in [0.15, 0.2) is 84.3 Å². The lowest BCUT2D eigenvalue weighted by atomic mass is 9.87. The zero-order valence-electron chi connectivity index (χ0n) is 18.5. The van der Waals surface area contributed by atoms with Crippen molar-refractivity contribution in [3.8, 4) is 17.1 Å². The molecule has 0 fully saturated rings. The molecule has 1 aliphatic rings. The molecule has 7 heteroatoms. The lowest BCUT2D eigenvalue weighted by molar-refractivity contribution is -0.129. The fourth-order valence-corrected chi connectivity index (χ4v) is 5.26. The van der Waals surface area contributed by atoms with Gasteiger partial charge in [0.2, 0.25) is 5.91 Å². The minimum Gasteiger partial charge on any atom is -0.338 e. The summed E-state index contributed by atoms with van der Waals surface area (Å²) < 4.78 is 1.99. The van der Waals surface area contributed by atoms with Gasteiger partial charge in [0.05, 0.1) is 11.8 Å². The summed E-state index contributed by atoms with van der Waals surface area (Å²) in [5.41, 5.74) is 4.45. The maximum absolute atomic E-state index is 13.2. The van der Waals surface area contributed by atoms with E-state index >= 15 is 0 Å². The molecule has 33 heavy (non-hydrogen) atoms. The number of aryl methyl sites for hydroxylation is 1. The summed E-state index contributed by atoms with van der Waals surface area (Å²) in [5.74, 6) is 1.10. The van der Waals surface area contributed by atoms with Gasteiger partial charge in [0, 0.05) is 30.7 Å². The van der Waals surface area contributed by atoms with Gasteiger partial charge in [0.1, 0.15) is 0 Å². The Labute approximate surface area is 197 Å². The van der Waals surface area contributed by atoms with Crippen molar-refractivity contribution in [3.05, 3.63) is 90.3 Å². The van der Waals surface area contributed by atoms with Crippen LogP contribution in [0.3, 0.4) is 0 Å². The lowest BCUT2D eigenvalue weighted by Crippen LogP contribution is -2.34. The van der Waals surface area contributed by atoms with Crippen molar-refractivity contribution in [3.63, 3.8) is 0 Å². The summed E-state index contributed by atoms with van der Waals surface area (Å²) in [6.07, 6.45) is 6.69. The van der Waals surface area contributed by atoms with Gasteiger partial charge in [-0.2, -0.15) is 0 Å². The molecule has 1 amide bonds. The van der Waals surface area contributed by atoms with E-state index in [-0.39, 0.29) is 11.9 Å². The second-order valence-corrected chi connectivity index (χ2v) is 9.06. The minimum absolute atomic E-state index is 0.0900. The van der Waals surface area contributed by atoms with Crippen LogP contribution >= 0.6 is 11.8 Å². The van der Waals surface area contributed by atoms with E-state index in [2.05, 4.69) is 39.4 Å². The van der Waals surface area contributed by atoms with Gasteiger partial charge in [-0.15, -0.1) is 10.2 Å². The van der Waals surface area contributed by atoms with E-state index in [4.69, 9.17) is 0 Å². The van der Waals surface area contributed by atoms with Crippen molar-refractivity contribution in [2.75, 3.05) is 12.8 Å². The van der Waals surface area contributed by atoms with Crippen molar-refractivity contribution < 1.29 is 4.79 Å². The summed E-state index contributed by atoms with van der Waals surface area (Å²) in [6, 6.07) is 22.4. The first-order valence-electron chi connectivity index (χ1n) is 11.1. The first kappa shape index (κ1) is 21.4. The molecule has 1 aliphatic carbocycles. The van der Waals surface area contributed by atoms with Crippen LogP contribution in [-0.2, 0) is 11.2 Å². The van der Waals surface area contributed by atoms with E-state index in [1.807, 2.05) is 59.0 Å². The van der Waals surface area contributed by atoms with Gasteiger partial charge in [-0.1, -0.05) is 54.2 Å². The van der Waals surface area contributed by atoms with E-state index < -0.39 is 0 Å². The van der Waals surface area contributed by atoms with Crippen LogP contribution < -0.4 is 0 Å².